The van der Waals surface area contributed by atoms with Crippen molar-refractivity contribution in [3.05, 3.63) is 0 Å². The van der Waals surface area contributed by atoms with Crippen LogP contribution in [-0.4, -0.2) is 54.7 Å². The number of hydrogen-bond donors (Lipinski definition) is 0. The van der Waals surface area contributed by atoms with Crippen molar-refractivity contribution in [3.63, 3.8) is 0 Å². The lowest BCUT2D eigenvalue weighted by Gasteiger charge is -2.31. The van der Waals surface area contributed by atoms with Crippen LogP contribution in [0.3, 0.4) is 0 Å². The van der Waals surface area contributed by atoms with Crippen molar-refractivity contribution in [2.45, 2.75) is 64.3 Å². The Hall–Kier alpha value is -0.450. The van der Waals surface area contributed by atoms with Crippen LogP contribution in [0.5, 0.6) is 0 Å². The van der Waals surface area contributed by atoms with E-state index in [1.807, 2.05) is 27.7 Å². The van der Waals surface area contributed by atoms with Crippen LogP contribution >= 0.6 is 0 Å². The minimum atomic E-state index is -0.656. The minimum absolute atomic E-state index is 0.0638. The molecule has 0 aromatic rings. The van der Waals surface area contributed by atoms with Crippen molar-refractivity contribution in [2.24, 2.45) is 5.92 Å². The van der Waals surface area contributed by atoms with Crippen LogP contribution in [0.15, 0.2) is 0 Å². The predicted octanol–water partition coefficient (Wildman–Crippen LogP) is 2.26. The molecule has 0 radical (unpaired) electrons. The van der Waals surface area contributed by atoms with Gasteiger partial charge in [0.15, 0.2) is 5.78 Å². The molecule has 4 nitrogen and oxygen atoms in total. The third-order valence-corrected chi connectivity index (χ3v) is 4.55. The number of ketones is 1. The van der Waals surface area contributed by atoms with E-state index in [1.54, 1.807) is 0 Å². The first-order valence-corrected chi connectivity index (χ1v) is 7.77. The molecule has 2 atom stereocenters. The molecule has 2 aliphatic heterocycles. The van der Waals surface area contributed by atoms with Gasteiger partial charge in [0.1, 0.15) is 5.60 Å². The first kappa shape index (κ1) is 15.9. The molecule has 0 N–H and O–H groups in total. The van der Waals surface area contributed by atoms with E-state index in [1.165, 1.54) is 12.8 Å². The molecule has 0 bridgehead atoms. The molecule has 0 aromatic heterocycles. The summed E-state index contributed by atoms with van der Waals surface area (Å²) in [6.45, 7) is 10.3. The molecule has 2 unspecified atom stereocenters. The maximum Gasteiger partial charge on any atom is 0.171 e. The van der Waals surface area contributed by atoms with E-state index in [9.17, 15) is 4.79 Å². The molecule has 2 aliphatic rings. The summed E-state index contributed by atoms with van der Waals surface area (Å²) >= 11 is 0. The fourth-order valence-corrected chi connectivity index (χ4v) is 3.50. The third kappa shape index (κ3) is 3.41. The van der Waals surface area contributed by atoms with E-state index in [4.69, 9.17) is 9.47 Å². The van der Waals surface area contributed by atoms with Crippen molar-refractivity contribution in [3.8, 4) is 0 Å². The standard InChI is InChI=1S/C16H29NO3/c1-15(2)13(14(18)16(3,4)20-15)11-17(5)10-12-8-6-7-9-19-12/h12-13H,6-11H2,1-5H3. The maximum absolute atomic E-state index is 12.5. The summed E-state index contributed by atoms with van der Waals surface area (Å²) in [5.74, 6) is 0.157. The Bertz CT molecular complexity index is 359. The lowest BCUT2D eigenvalue weighted by Crippen LogP contribution is -2.42. The van der Waals surface area contributed by atoms with Crippen molar-refractivity contribution in [1.29, 1.82) is 0 Å². The molecular weight excluding hydrogens is 254 g/mol. The fourth-order valence-electron chi connectivity index (χ4n) is 3.50. The second-order valence-electron chi connectivity index (χ2n) is 7.34. The Labute approximate surface area is 122 Å². The molecule has 0 aromatic carbocycles. The summed E-state index contributed by atoms with van der Waals surface area (Å²) < 4.78 is 11.7. The Morgan fingerprint density at radius 3 is 2.40 bits per heavy atom. The molecule has 4 heteroatoms. The zero-order valence-electron chi connectivity index (χ0n) is 13.6. The van der Waals surface area contributed by atoms with Gasteiger partial charge in [0, 0.05) is 19.7 Å². The Morgan fingerprint density at radius 1 is 1.20 bits per heavy atom. The number of rotatable bonds is 4. The largest absolute Gasteiger partial charge is 0.377 e. The number of carbonyl (C=O) groups excluding carboxylic acids is 1. The predicted molar refractivity (Wildman–Crippen MR) is 78.8 cm³/mol. The van der Waals surface area contributed by atoms with Crippen LogP contribution in [0.4, 0.5) is 0 Å². The molecule has 2 fully saturated rings. The molecule has 0 amide bonds. The molecule has 2 heterocycles. The zero-order chi connectivity index (χ0) is 15.0. The number of nitrogens with zero attached hydrogens (tertiary/aromatic N) is 1. The van der Waals surface area contributed by atoms with Crippen LogP contribution in [-0.2, 0) is 14.3 Å². The van der Waals surface area contributed by atoms with Gasteiger partial charge < -0.3 is 14.4 Å². The topological polar surface area (TPSA) is 38.8 Å². The highest BCUT2D eigenvalue weighted by Crippen LogP contribution is 2.39. The van der Waals surface area contributed by atoms with Crippen LogP contribution in [0.1, 0.15) is 47.0 Å². The number of carbonyl (C=O) groups is 1. The van der Waals surface area contributed by atoms with E-state index >= 15 is 0 Å². The fraction of sp³-hybridized carbons (Fsp3) is 0.938. The lowest BCUT2D eigenvalue weighted by molar-refractivity contribution is -0.132. The molecule has 2 rings (SSSR count). The highest BCUT2D eigenvalue weighted by Gasteiger charge is 2.53. The van der Waals surface area contributed by atoms with Crippen LogP contribution in [0, 0.1) is 5.92 Å². The first-order valence-electron chi connectivity index (χ1n) is 7.77. The second kappa shape index (κ2) is 5.74. The number of hydrogen-bond acceptors (Lipinski definition) is 4. The van der Waals surface area contributed by atoms with E-state index in [0.717, 1.165) is 26.1 Å². The SMILES string of the molecule is CN(CC1CCCCO1)CC1C(=O)C(C)(C)OC1(C)C. The Kier molecular flexibility index (Phi) is 4.57. The van der Waals surface area contributed by atoms with E-state index in [2.05, 4.69) is 11.9 Å². The monoisotopic (exact) mass is 283 g/mol. The van der Waals surface area contributed by atoms with Gasteiger partial charge in [-0.2, -0.15) is 0 Å². The summed E-state index contributed by atoms with van der Waals surface area (Å²) in [5.41, 5.74) is -1.04. The van der Waals surface area contributed by atoms with E-state index in [-0.39, 0.29) is 17.3 Å². The molecule has 20 heavy (non-hydrogen) atoms. The van der Waals surface area contributed by atoms with Crippen molar-refractivity contribution in [1.82, 2.24) is 4.90 Å². The summed E-state index contributed by atoms with van der Waals surface area (Å²) in [4.78, 5) is 14.7. The summed E-state index contributed by atoms with van der Waals surface area (Å²) in [5, 5.41) is 0. The van der Waals surface area contributed by atoms with Gasteiger partial charge in [-0.05, 0) is 54.0 Å². The summed E-state index contributed by atoms with van der Waals surface area (Å²) in [6.07, 6.45) is 3.88. The van der Waals surface area contributed by atoms with Gasteiger partial charge >= 0.3 is 0 Å². The highest BCUT2D eigenvalue weighted by molar-refractivity contribution is 5.91. The van der Waals surface area contributed by atoms with Crippen LogP contribution in [0.25, 0.3) is 0 Å². The van der Waals surface area contributed by atoms with Gasteiger partial charge in [-0.1, -0.05) is 0 Å². The van der Waals surface area contributed by atoms with Gasteiger partial charge in [-0.3, -0.25) is 4.79 Å². The molecule has 0 saturated carbocycles. The van der Waals surface area contributed by atoms with Crippen molar-refractivity contribution < 1.29 is 14.3 Å². The molecule has 116 valence electrons. The summed E-state index contributed by atoms with van der Waals surface area (Å²) in [7, 11) is 2.08. The van der Waals surface area contributed by atoms with Gasteiger partial charge in [0.2, 0.25) is 0 Å². The number of likely N-dealkylation sites (N-methyl/N-ethyl adjacent to an activating group) is 1. The Balaban J connectivity index is 1.92. The average Bonchev–Trinajstić information content (AvgIpc) is 2.49. The normalized spacial score (nSPS) is 32.8. The van der Waals surface area contributed by atoms with Crippen LogP contribution < -0.4 is 0 Å². The minimum Gasteiger partial charge on any atom is -0.377 e. The molecule has 2 saturated heterocycles. The van der Waals surface area contributed by atoms with E-state index < -0.39 is 5.60 Å². The molecule has 0 aliphatic carbocycles. The quantitative estimate of drug-likeness (QED) is 0.793. The smallest absolute Gasteiger partial charge is 0.171 e. The number of ether oxygens (including phenoxy) is 2. The summed E-state index contributed by atoms with van der Waals surface area (Å²) in [6, 6.07) is 0. The van der Waals surface area contributed by atoms with E-state index in [0.29, 0.717) is 6.10 Å². The highest BCUT2D eigenvalue weighted by atomic mass is 16.5. The Morgan fingerprint density at radius 2 is 1.90 bits per heavy atom. The van der Waals surface area contributed by atoms with Gasteiger partial charge in [-0.25, -0.2) is 0 Å². The van der Waals surface area contributed by atoms with Gasteiger partial charge in [-0.15, -0.1) is 0 Å². The lowest BCUT2D eigenvalue weighted by atomic mass is 9.85. The maximum atomic E-state index is 12.5. The van der Waals surface area contributed by atoms with Crippen molar-refractivity contribution in [2.75, 3.05) is 26.7 Å². The number of Topliss-reactive ketones (excluding diaryl/α,β-unsaturated/α-hetero) is 1. The molecular formula is C16H29NO3. The van der Waals surface area contributed by atoms with Gasteiger partial charge in [0.25, 0.3) is 0 Å². The molecule has 0 spiro atoms. The van der Waals surface area contributed by atoms with Crippen LogP contribution in [0.2, 0.25) is 0 Å². The second-order valence-corrected chi connectivity index (χ2v) is 7.34. The third-order valence-electron chi connectivity index (χ3n) is 4.55. The average molecular weight is 283 g/mol. The first-order chi connectivity index (χ1) is 9.22. The van der Waals surface area contributed by atoms with Crippen molar-refractivity contribution >= 4 is 5.78 Å². The zero-order valence-corrected chi connectivity index (χ0v) is 13.6. The van der Waals surface area contributed by atoms with Gasteiger partial charge in [0.05, 0.1) is 17.6 Å².